The highest BCUT2D eigenvalue weighted by Gasteiger charge is 2.08. The van der Waals surface area contributed by atoms with Gasteiger partial charge < -0.3 is 5.32 Å². The van der Waals surface area contributed by atoms with Crippen molar-refractivity contribution in [1.82, 2.24) is 9.97 Å². The summed E-state index contributed by atoms with van der Waals surface area (Å²) in [6.07, 6.45) is 0. The second kappa shape index (κ2) is 5.10. The summed E-state index contributed by atoms with van der Waals surface area (Å²) in [6, 6.07) is 13.8. The highest BCUT2D eigenvalue weighted by atomic mass is 35.5. The van der Waals surface area contributed by atoms with Crippen molar-refractivity contribution in [1.29, 1.82) is 0 Å². The fraction of sp³-hybridized carbons (Fsp3) is 0.125. The lowest BCUT2D eigenvalue weighted by molar-refractivity contribution is 1.21. The molecule has 4 heteroatoms. The van der Waals surface area contributed by atoms with Crippen molar-refractivity contribution < 1.29 is 0 Å². The molecule has 1 aromatic heterocycles. The van der Waals surface area contributed by atoms with Gasteiger partial charge in [-0.3, -0.25) is 0 Å². The van der Waals surface area contributed by atoms with E-state index in [4.69, 9.17) is 11.6 Å². The third-order valence-corrected chi connectivity index (χ3v) is 3.44. The fourth-order valence-electron chi connectivity index (χ4n) is 2.13. The van der Waals surface area contributed by atoms with Gasteiger partial charge in [-0.05, 0) is 25.1 Å². The molecule has 2 aromatic carbocycles. The normalized spacial score (nSPS) is 10.8. The number of fused-ring (bicyclic) bond motifs is 1. The van der Waals surface area contributed by atoms with Gasteiger partial charge in [-0.15, -0.1) is 0 Å². The van der Waals surface area contributed by atoms with E-state index in [1.165, 1.54) is 5.56 Å². The highest BCUT2D eigenvalue weighted by Crippen LogP contribution is 2.26. The number of hydrogen-bond acceptors (Lipinski definition) is 3. The van der Waals surface area contributed by atoms with Gasteiger partial charge in [0.1, 0.15) is 5.82 Å². The molecule has 0 aliphatic heterocycles. The van der Waals surface area contributed by atoms with Crippen LogP contribution < -0.4 is 5.32 Å². The molecule has 1 heterocycles. The van der Waals surface area contributed by atoms with Crippen LogP contribution in [0, 0.1) is 6.92 Å². The van der Waals surface area contributed by atoms with Crippen LogP contribution in [0.15, 0.2) is 42.5 Å². The summed E-state index contributed by atoms with van der Waals surface area (Å²) in [5.74, 6) is 1.51. The first-order valence-electron chi connectivity index (χ1n) is 6.39. The lowest BCUT2D eigenvalue weighted by Crippen LogP contribution is -1.98. The summed E-state index contributed by atoms with van der Waals surface area (Å²) in [4.78, 5) is 9.19. The van der Waals surface area contributed by atoms with Crippen LogP contribution in [0.3, 0.4) is 0 Å². The highest BCUT2D eigenvalue weighted by molar-refractivity contribution is 6.31. The molecule has 3 aromatic rings. The lowest BCUT2D eigenvalue weighted by atomic mass is 10.1. The third kappa shape index (κ3) is 2.32. The lowest BCUT2D eigenvalue weighted by Gasteiger charge is -2.08. The number of aromatic nitrogens is 2. The summed E-state index contributed by atoms with van der Waals surface area (Å²) in [7, 11) is 1.86. The molecule has 3 nitrogen and oxygen atoms in total. The predicted molar refractivity (Wildman–Crippen MR) is 84.3 cm³/mol. The van der Waals surface area contributed by atoms with E-state index in [9.17, 15) is 0 Å². The molecule has 0 aliphatic carbocycles. The number of benzene rings is 2. The Labute approximate surface area is 122 Å². The van der Waals surface area contributed by atoms with Crippen LogP contribution in [0.4, 0.5) is 5.82 Å². The van der Waals surface area contributed by atoms with Crippen LogP contribution in [0.25, 0.3) is 22.3 Å². The van der Waals surface area contributed by atoms with Gasteiger partial charge in [0.05, 0.1) is 5.52 Å². The molecule has 0 saturated heterocycles. The van der Waals surface area contributed by atoms with Gasteiger partial charge in [0.15, 0.2) is 5.82 Å². The van der Waals surface area contributed by atoms with E-state index >= 15 is 0 Å². The minimum Gasteiger partial charge on any atom is -0.373 e. The molecule has 0 fully saturated rings. The van der Waals surface area contributed by atoms with Gasteiger partial charge in [0.25, 0.3) is 0 Å². The number of aryl methyl sites for hydroxylation is 1. The SMILES string of the molecule is CNc1nc(-c2ccc(C)cc2)nc2cc(Cl)ccc12. The van der Waals surface area contributed by atoms with Crippen molar-refractivity contribution in [3.63, 3.8) is 0 Å². The quantitative estimate of drug-likeness (QED) is 0.762. The van der Waals surface area contributed by atoms with Crippen LogP contribution in [0.5, 0.6) is 0 Å². The topological polar surface area (TPSA) is 37.8 Å². The van der Waals surface area contributed by atoms with Gasteiger partial charge in [-0.1, -0.05) is 41.4 Å². The molecule has 3 rings (SSSR count). The minimum absolute atomic E-state index is 0.674. The number of halogens is 1. The first-order chi connectivity index (χ1) is 9.67. The first-order valence-corrected chi connectivity index (χ1v) is 6.77. The van der Waals surface area contributed by atoms with Crippen LogP contribution >= 0.6 is 11.6 Å². The number of nitrogens with one attached hydrogen (secondary N) is 1. The Morgan fingerprint density at radius 1 is 1.00 bits per heavy atom. The number of rotatable bonds is 2. The molecule has 0 saturated carbocycles. The number of nitrogens with zero attached hydrogens (tertiary/aromatic N) is 2. The fourth-order valence-corrected chi connectivity index (χ4v) is 2.29. The predicted octanol–water partition coefficient (Wildman–Crippen LogP) is 4.30. The maximum Gasteiger partial charge on any atom is 0.162 e. The Morgan fingerprint density at radius 3 is 2.45 bits per heavy atom. The van der Waals surface area contributed by atoms with Crippen molar-refractivity contribution in [3.8, 4) is 11.4 Å². The zero-order valence-electron chi connectivity index (χ0n) is 11.3. The Bertz CT molecular complexity index is 767. The van der Waals surface area contributed by atoms with Crippen molar-refractivity contribution in [3.05, 3.63) is 53.1 Å². The third-order valence-electron chi connectivity index (χ3n) is 3.21. The summed E-state index contributed by atoms with van der Waals surface area (Å²) < 4.78 is 0. The second-order valence-corrected chi connectivity index (χ2v) is 5.11. The monoisotopic (exact) mass is 283 g/mol. The molecule has 0 amide bonds. The molecular weight excluding hydrogens is 270 g/mol. The smallest absolute Gasteiger partial charge is 0.162 e. The minimum atomic E-state index is 0.674. The number of hydrogen-bond donors (Lipinski definition) is 1. The summed E-state index contributed by atoms with van der Waals surface area (Å²) in [5.41, 5.74) is 3.05. The van der Waals surface area contributed by atoms with Gasteiger partial charge in [0.2, 0.25) is 0 Å². The molecule has 0 radical (unpaired) electrons. The Kier molecular flexibility index (Phi) is 3.28. The largest absolute Gasteiger partial charge is 0.373 e. The van der Waals surface area contributed by atoms with Crippen molar-refractivity contribution in [2.24, 2.45) is 0 Å². The molecule has 0 atom stereocenters. The van der Waals surface area contributed by atoms with E-state index in [1.54, 1.807) is 0 Å². The van der Waals surface area contributed by atoms with Gasteiger partial charge in [-0.2, -0.15) is 0 Å². The van der Waals surface area contributed by atoms with Crippen LogP contribution in [0.2, 0.25) is 5.02 Å². The van der Waals surface area contributed by atoms with E-state index in [0.717, 1.165) is 22.3 Å². The molecular formula is C16H14ClN3. The summed E-state index contributed by atoms with van der Waals surface area (Å²) in [5, 5.41) is 4.76. The van der Waals surface area contributed by atoms with E-state index < -0.39 is 0 Å². The van der Waals surface area contributed by atoms with Gasteiger partial charge >= 0.3 is 0 Å². The van der Waals surface area contributed by atoms with E-state index in [2.05, 4.69) is 34.3 Å². The molecule has 20 heavy (non-hydrogen) atoms. The molecule has 1 N–H and O–H groups in total. The molecule has 0 unspecified atom stereocenters. The van der Waals surface area contributed by atoms with Crippen LogP contribution in [-0.4, -0.2) is 17.0 Å². The molecule has 0 aliphatic rings. The van der Waals surface area contributed by atoms with E-state index in [-0.39, 0.29) is 0 Å². The number of anilines is 1. The van der Waals surface area contributed by atoms with Gasteiger partial charge in [-0.25, -0.2) is 9.97 Å². The Hall–Kier alpha value is -2.13. The molecule has 100 valence electrons. The molecule has 0 spiro atoms. The average molecular weight is 284 g/mol. The standard InChI is InChI=1S/C16H14ClN3/c1-10-3-5-11(6-4-10)15-19-14-9-12(17)7-8-13(14)16(18-2)20-15/h3-9H,1-2H3,(H,18,19,20). The summed E-state index contributed by atoms with van der Waals surface area (Å²) in [6.45, 7) is 2.06. The first kappa shape index (κ1) is 12.9. The van der Waals surface area contributed by atoms with Crippen LogP contribution in [0.1, 0.15) is 5.56 Å². The zero-order chi connectivity index (χ0) is 14.1. The van der Waals surface area contributed by atoms with Gasteiger partial charge in [0, 0.05) is 23.0 Å². The molecule has 0 bridgehead atoms. The van der Waals surface area contributed by atoms with Crippen molar-refractivity contribution >= 4 is 28.3 Å². The average Bonchev–Trinajstić information content (AvgIpc) is 2.46. The van der Waals surface area contributed by atoms with E-state index in [1.807, 2.05) is 37.4 Å². The van der Waals surface area contributed by atoms with Crippen molar-refractivity contribution in [2.45, 2.75) is 6.92 Å². The summed E-state index contributed by atoms with van der Waals surface area (Å²) >= 11 is 6.05. The Balaban J connectivity index is 2.23. The van der Waals surface area contributed by atoms with Crippen molar-refractivity contribution in [2.75, 3.05) is 12.4 Å². The second-order valence-electron chi connectivity index (χ2n) is 4.67. The Morgan fingerprint density at radius 2 is 1.75 bits per heavy atom. The zero-order valence-corrected chi connectivity index (χ0v) is 12.1. The van der Waals surface area contributed by atoms with Crippen LogP contribution in [-0.2, 0) is 0 Å². The maximum absolute atomic E-state index is 6.05. The van der Waals surface area contributed by atoms with E-state index in [0.29, 0.717) is 10.8 Å². The maximum atomic E-state index is 6.05.